The first-order valence-corrected chi connectivity index (χ1v) is 11.7. The summed E-state index contributed by atoms with van der Waals surface area (Å²) in [7, 11) is -2.15. The molecule has 2 aromatic carbocycles. The molecule has 34 heavy (non-hydrogen) atoms. The predicted molar refractivity (Wildman–Crippen MR) is 124 cm³/mol. The van der Waals surface area contributed by atoms with Crippen molar-refractivity contribution in [2.75, 3.05) is 25.6 Å². The van der Waals surface area contributed by atoms with E-state index in [0.29, 0.717) is 22.9 Å². The third-order valence-corrected chi connectivity index (χ3v) is 6.17. The summed E-state index contributed by atoms with van der Waals surface area (Å²) in [5.74, 6) is 1.25. The second-order valence-electron chi connectivity index (χ2n) is 7.15. The molecule has 1 amide bonds. The van der Waals surface area contributed by atoms with Crippen LogP contribution in [-0.4, -0.2) is 54.4 Å². The van der Waals surface area contributed by atoms with Crippen LogP contribution in [0.4, 0.5) is 5.69 Å². The molecule has 4 aromatic rings. The van der Waals surface area contributed by atoms with Crippen LogP contribution in [-0.2, 0) is 14.8 Å². The van der Waals surface area contributed by atoms with Crippen molar-refractivity contribution in [1.29, 1.82) is 0 Å². The van der Waals surface area contributed by atoms with Gasteiger partial charge in [-0.15, -0.1) is 15.3 Å². The van der Waals surface area contributed by atoms with E-state index in [9.17, 15) is 13.2 Å². The lowest BCUT2D eigenvalue weighted by molar-refractivity contribution is -0.114. The Morgan fingerprint density at radius 3 is 2.59 bits per heavy atom. The first-order valence-electron chi connectivity index (χ1n) is 10.2. The lowest BCUT2D eigenvalue weighted by atomic mass is 10.2. The zero-order valence-corrected chi connectivity index (χ0v) is 19.2. The van der Waals surface area contributed by atoms with Crippen molar-refractivity contribution >= 4 is 27.3 Å². The van der Waals surface area contributed by atoms with E-state index in [0.717, 1.165) is 5.56 Å². The van der Waals surface area contributed by atoms with E-state index in [1.807, 2.05) is 24.3 Å². The van der Waals surface area contributed by atoms with Crippen LogP contribution in [0.1, 0.15) is 6.92 Å². The molecule has 2 heterocycles. The van der Waals surface area contributed by atoms with Gasteiger partial charge in [0.25, 0.3) is 0 Å². The first-order chi connectivity index (χ1) is 16.4. The number of carbonyl (C=O) groups is 1. The quantitative estimate of drug-likeness (QED) is 0.346. The molecule has 2 aromatic heterocycles. The molecule has 0 saturated heterocycles. The minimum Gasteiger partial charge on any atom is -0.497 e. The third-order valence-electron chi connectivity index (χ3n) is 4.70. The van der Waals surface area contributed by atoms with Gasteiger partial charge in [0.1, 0.15) is 12.4 Å². The summed E-state index contributed by atoms with van der Waals surface area (Å²) in [6.07, 6.45) is 0. The summed E-state index contributed by atoms with van der Waals surface area (Å²) in [6.45, 7) is 1.46. The number of rotatable bonds is 9. The number of sulfonamides is 1. The molecule has 11 nitrogen and oxygen atoms in total. The van der Waals surface area contributed by atoms with Gasteiger partial charge in [-0.2, -0.15) is 4.52 Å². The fourth-order valence-electron chi connectivity index (χ4n) is 3.13. The minimum absolute atomic E-state index is 0.0282. The number of carbonyl (C=O) groups excluding carboxylic acids is 1. The van der Waals surface area contributed by atoms with Crippen LogP contribution in [0.2, 0.25) is 0 Å². The van der Waals surface area contributed by atoms with E-state index in [1.54, 1.807) is 23.8 Å². The first kappa shape index (κ1) is 23.1. The zero-order valence-electron chi connectivity index (χ0n) is 18.4. The molecule has 176 valence electrons. The molecule has 0 aliphatic heterocycles. The Morgan fingerprint density at radius 1 is 1.06 bits per heavy atom. The second kappa shape index (κ2) is 9.85. The molecule has 0 bridgehead atoms. The average Bonchev–Trinajstić information content (AvgIpc) is 3.25. The van der Waals surface area contributed by atoms with Gasteiger partial charge in [-0.1, -0.05) is 12.1 Å². The minimum atomic E-state index is -3.74. The smallest absolute Gasteiger partial charge is 0.240 e. The van der Waals surface area contributed by atoms with E-state index < -0.39 is 10.0 Å². The lowest BCUT2D eigenvalue weighted by Crippen LogP contribution is -2.28. The maximum atomic E-state index is 12.5. The maximum Gasteiger partial charge on any atom is 0.240 e. The van der Waals surface area contributed by atoms with Crippen LogP contribution < -0.4 is 19.5 Å². The molecule has 0 aliphatic carbocycles. The monoisotopic (exact) mass is 482 g/mol. The number of benzene rings is 2. The number of nitrogens with zero attached hydrogens (tertiary/aromatic N) is 4. The molecule has 0 atom stereocenters. The van der Waals surface area contributed by atoms with Crippen molar-refractivity contribution in [1.82, 2.24) is 24.5 Å². The van der Waals surface area contributed by atoms with Gasteiger partial charge in [0.15, 0.2) is 11.5 Å². The van der Waals surface area contributed by atoms with Crippen LogP contribution in [0, 0.1) is 0 Å². The standard InChI is InChI=1S/C22H22N6O5S/c1-15(29)24-17-6-8-19(9-7-17)34(30,31)23-12-13-33-21-11-10-20-25-26-22(28(20)27-21)16-4-3-5-18(14-16)32-2/h3-11,14,23H,12-13H2,1-2H3,(H,24,29). The number of methoxy groups -OCH3 is 1. The number of hydrogen-bond donors (Lipinski definition) is 2. The van der Waals surface area contributed by atoms with Crippen molar-refractivity contribution in [2.45, 2.75) is 11.8 Å². The molecular formula is C22H22N6O5S. The van der Waals surface area contributed by atoms with Crippen LogP contribution in [0.3, 0.4) is 0 Å². The second-order valence-corrected chi connectivity index (χ2v) is 8.92. The fraction of sp³-hybridized carbons (Fsp3) is 0.182. The predicted octanol–water partition coefficient (Wildman–Crippen LogP) is 2.12. The van der Waals surface area contributed by atoms with Gasteiger partial charge in [0.2, 0.25) is 21.8 Å². The number of aromatic nitrogens is 4. The SMILES string of the molecule is COc1cccc(-c2nnc3ccc(OCCNS(=O)(=O)c4ccc(NC(C)=O)cc4)nn23)c1. The molecule has 0 fully saturated rings. The maximum absolute atomic E-state index is 12.5. The molecule has 2 N–H and O–H groups in total. The van der Waals surface area contributed by atoms with Gasteiger partial charge in [0.05, 0.1) is 12.0 Å². The largest absolute Gasteiger partial charge is 0.497 e. The summed E-state index contributed by atoms with van der Waals surface area (Å²) in [4.78, 5) is 11.2. The molecule has 0 spiro atoms. The van der Waals surface area contributed by atoms with Crippen LogP contribution >= 0.6 is 0 Å². The summed E-state index contributed by atoms with van der Waals surface area (Å²) < 4.78 is 39.8. The van der Waals surface area contributed by atoms with Gasteiger partial charge >= 0.3 is 0 Å². The van der Waals surface area contributed by atoms with Crippen LogP contribution in [0.25, 0.3) is 17.0 Å². The third kappa shape index (κ3) is 5.30. The van der Waals surface area contributed by atoms with Crippen molar-refractivity contribution in [3.05, 3.63) is 60.7 Å². The van der Waals surface area contributed by atoms with Crippen LogP contribution in [0.15, 0.2) is 65.6 Å². The van der Waals surface area contributed by atoms with E-state index in [1.165, 1.54) is 31.2 Å². The van der Waals surface area contributed by atoms with Gasteiger partial charge in [-0.25, -0.2) is 13.1 Å². The Morgan fingerprint density at radius 2 is 1.85 bits per heavy atom. The molecule has 0 unspecified atom stereocenters. The molecule has 0 saturated carbocycles. The Hall–Kier alpha value is -4.03. The highest BCUT2D eigenvalue weighted by atomic mass is 32.2. The summed E-state index contributed by atoms with van der Waals surface area (Å²) in [5.41, 5.74) is 1.82. The molecule has 0 aliphatic rings. The number of ether oxygens (including phenoxy) is 2. The molecular weight excluding hydrogens is 460 g/mol. The highest BCUT2D eigenvalue weighted by molar-refractivity contribution is 7.89. The highest BCUT2D eigenvalue weighted by Gasteiger charge is 2.14. The fourth-order valence-corrected chi connectivity index (χ4v) is 4.14. The van der Waals surface area contributed by atoms with Gasteiger partial charge < -0.3 is 14.8 Å². The zero-order chi connectivity index (χ0) is 24.1. The average molecular weight is 483 g/mol. The van der Waals surface area contributed by atoms with Crippen molar-refractivity contribution in [3.63, 3.8) is 0 Å². The van der Waals surface area contributed by atoms with Crippen molar-refractivity contribution in [3.8, 4) is 23.0 Å². The van der Waals surface area contributed by atoms with Gasteiger partial charge in [-0.3, -0.25) is 4.79 Å². The Kier molecular flexibility index (Phi) is 6.70. The number of hydrogen-bond acceptors (Lipinski definition) is 8. The summed E-state index contributed by atoms with van der Waals surface area (Å²) in [6, 6.07) is 16.6. The van der Waals surface area contributed by atoms with Crippen molar-refractivity contribution in [2.24, 2.45) is 0 Å². The number of amides is 1. The van der Waals surface area contributed by atoms with Crippen molar-refractivity contribution < 1.29 is 22.7 Å². The Balaban J connectivity index is 1.39. The number of fused-ring (bicyclic) bond motifs is 1. The molecule has 4 rings (SSSR count). The van der Waals surface area contributed by atoms with Crippen LogP contribution in [0.5, 0.6) is 11.6 Å². The van der Waals surface area contributed by atoms with Gasteiger partial charge in [0, 0.05) is 30.8 Å². The number of nitrogens with one attached hydrogen (secondary N) is 2. The highest BCUT2D eigenvalue weighted by Crippen LogP contribution is 2.23. The van der Waals surface area contributed by atoms with E-state index >= 15 is 0 Å². The summed E-state index contributed by atoms with van der Waals surface area (Å²) >= 11 is 0. The molecule has 12 heteroatoms. The summed E-state index contributed by atoms with van der Waals surface area (Å²) in [5, 5.41) is 15.3. The van der Waals surface area contributed by atoms with E-state index in [2.05, 4.69) is 25.3 Å². The Bertz CT molecular complexity index is 1420. The number of anilines is 1. The molecule has 0 radical (unpaired) electrons. The van der Waals surface area contributed by atoms with Gasteiger partial charge in [-0.05, 0) is 42.5 Å². The lowest BCUT2D eigenvalue weighted by Gasteiger charge is -2.09. The normalized spacial score (nSPS) is 11.4. The van der Waals surface area contributed by atoms with E-state index in [-0.39, 0.29) is 29.8 Å². The Labute approximate surface area is 195 Å². The van der Waals surface area contributed by atoms with E-state index in [4.69, 9.17) is 9.47 Å². The topological polar surface area (TPSA) is 137 Å².